The maximum Gasteiger partial charge on any atom is 0.124 e. The number of hydrogen-bond acceptors (Lipinski definition) is 3. The van der Waals surface area contributed by atoms with Gasteiger partial charge in [0.15, 0.2) is 0 Å². The van der Waals surface area contributed by atoms with Gasteiger partial charge in [-0.15, -0.1) is 0 Å². The van der Waals surface area contributed by atoms with Gasteiger partial charge in [-0.25, -0.2) is 0 Å². The van der Waals surface area contributed by atoms with Crippen LogP contribution < -0.4 is 5.43 Å². The van der Waals surface area contributed by atoms with Gasteiger partial charge in [-0.05, 0) is 42.2 Å². The molecule has 0 aliphatic carbocycles. The molecule has 0 radical (unpaired) electrons. The predicted octanol–water partition coefficient (Wildman–Crippen LogP) is 4.35. The third-order valence-electron chi connectivity index (χ3n) is 3.40. The number of rotatable bonds is 5. The van der Waals surface area contributed by atoms with Gasteiger partial charge in [0.25, 0.3) is 0 Å². The molecule has 0 bridgehead atoms. The van der Waals surface area contributed by atoms with Crippen LogP contribution in [0.25, 0.3) is 0 Å². The Hall–Kier alpha value is -2.29. The molecule has 0 heterocycles. The van der Waals surface area contributed by atoms with Crippen molar-refractivity contribution in [2.75, 3.05) is 5.43 Å². The summed E-state index contributed by atoms with van der Waals surface area (Å²) in [5.41, 5.74) is 5.80. The van der Waals surface area contributed by atoms with E-state index in [4.69, 9.17) is 0 Å². The van der Waals surface area contributed by atoms with Crippen LogP contribution in [0.5, 0.6) is 5.75 Å². The van der Waals surface area contributed by atoms with Crippen LogP contribution in [0, 0.1) is 0 Å². The third kappa shape index (κ3) is 3.60. The smallest absolute Gasteiger partial charge is 0.124 e. The molecule has 20 heavy (non-hydrogen) atoms. The number of anilines is 1. The third-order valence-corrected chi connectivity index (χ3v) is 3.40. The second kappa shape index (κ2) is 6.75. The van der Waals surface area contributed by atoms with E-state index in [2.05, 4.69) is 24.4 Å². The largest absolute Gasteiger partial charge is 0.507 e. The van der Waals surface area contributed by atoms with Gasteiger partial charge in [0, 0.05) is 5.56 Å². The Labute approximate surface area is 120 Å². The maximum absolute atomic E-state index is 9.87. The first kappa shape index (κ1) is 14.1. The van der Waals surface area contributed by atoms with E-state index in [9.17, 15) is 5.11 Å². The van der Waals surface area contributed by atoms with Gasteiger partial charge in [-0.1, -0.05) is 38.1 Å². The molecule has 0 amide bonds. The fourth-order valence-electron chi connectivity index (χ4n) is 1.91. The van der Waals surface area contributed by atoms with Gasteiger partial charge in [-0.2, -0.15) is 5.10 Å². The topological polar surface area (TPSA) is 44.6 Å². The zero-order valence-electron chi connectivity index (χ0n) is 11.9. The lowest BCUT2D eigenvalue weighted by molar-refractivity contribution is 0.474. The van der Waals surface area contributed by atoms with Crippen LogP contribution in [0.1, 0.15) is 37.3 Å². The van der Waals surface area contributed by atoms with Gasteiger partial charge in [0.05, 0.1) is 11.9 Å². The van der Waals surface area contributed by atoms with Crippen molar-refractivity contribution in [3.8, 4) is 5.75 Å². The number of benzene rings is 2. The molecule has 2 N–H and O–H groups in total. The van der Waals surface area contributed by atoms with E-state index >= 15 is 0 Å². The monoisotopic (exact) mass is 268 g/mol. The normalized spacial score (nSPS) is 12.5. The van der Waals surface area contributed by atoms with Gasteiger partial charge in [-0.3, -0.25) is 5.43 Å². The number of nitrogens with one attached hydrogen (secondary N) is 1. The maximum atomic E-state index is 9.87. The summed E-state index contributed by atoms with van der Waals surface area (Å²) in [6, 6.07) is 15.4. The first-order chi connectivity index (χ1) is 9.70. The Bertz CT molecular complexity index is 579. The molecule has 0 saturated carbocycles. The van der Waals surface area contributed by atoms with E-state index in [1.54, 1.807) is 12.3 Å². The second-order valence-electron chi connectivity index (χ2n) is 4.86. The highest BCUT2D eigenvalue weighted by Gasteiger charge is 2.06. The van der Waals surface area contributed by atoms with Crippen molar-refractivity contribution in [3.05, 3.63) is 59.7 Å². The molecule has 2 aromatic rings. The standard InChI is InChI=1S/C17H20N2O/c1-3-13(2)14-9-10-17(20)15(11-14)12-18-19-16-7-5-4-6-8-16/h4-13,19-20H,3H2,1-2H3/b18-12+. The van der Waals surface area contributed by atoms with Crippen LogP contribution in [0.3, 0.4) is 0 Å². The molecule has 2 rings (SSSR count). The van der Waals surface area contributed by atoms with E-state index in [0.29, 0.717) is 5.92 Å². The van der Waals surface area contributed by atoms with Crippen molar-refractivity contribution in [3.63, 3.8) is 0 Å². The number of aromatic hydroxyl groups is 1. The summed E-state index contributed by atoms with van der Waals surface area (Å²) in [5, 5.41) is 14.0. The molecule has 3 heteroatoms. The zero-order chi connectivity index (χ0) is 14.4. The minimum atomic E-state index is 0.246. The summed E-state index contributed by atoms with van der Waals surface area (Å²) in [6.07, 6.45) is 2.72. The molecule has 2 aromatic carbocycles. The minimum Gasteiger partial charge on any atom is -0.507 e. The number of nitrogens with zero attached hydrogens (tertiary/aromatic N) is 1. The zero-order valence-corrected chi connectivity index (χ0v) is 11.9. The molecule has 0 saturated heterocycles. The fourth-order valence-corrected chi connectivity index (χ4v) is 1.91. The fraction of sp³-hybridized carbons (Fsp3) is 0.235. The van der Waals surface area contributed by atoms with E-state index in [-0.39, 0.29) is 5.75 Å². The lowest BCUT2D eigenvalue weighted by atomic mass is 9.97. The molecule has 104 valence electrons. The first-order valence-electron chi connectivity index (χ1n) is 6.87. The van der Waals surface area contributed by atoms with Crippen LogP contribution >= 0.6 is 0 Å². The van der Waals surface area contributed by atoms with Gasteiger partial charge < -0.3 is 5.11 Å². The van der Waals surface area contributed by atoms with Gasteiger partial charge in [0.1, 0.15) is 5.75 Å². The summed E-state index contributed by atoms with van der Waals surface area (Å²) < 4.78 is 0. The number of phenols is 1. The molecule has 3 nitrogen and oxygen atoms in total. The molecular formula is C17H20N2O. The van der Waals surface area contributed by atoms with Crippen LogP contribution in [-0.2, 0) is 0 Å². The van der Waals surface area contributed by atoms with Crippen molar-refractivity contribution in [2.24, 2.45) is 5.10 Å². The highest BCUT2D eigenvalue weighted by Crippen LogP contribution is 2.24. The molecule has 1 unspecified atom stereocenters. The van der Waals surface area contributed by atoms with Crippen LogP contribution in [-0.4, -0.2) is 11.3 Å². The number of phenolic OH excluding ortho intramolecular Hbond substituents is 1. The van der Waals surface area contributed by atoms with Crippen molar-refractivity contribution >= 4 is 11.9 Å². The Balaban J connectivity index is 2.12. The van der Waals surface area contributed by atoms with Crippen LogP contribution in [0.4, 0.5) is 5.69 Å². The van der Waals surface area contributed by atoms with Crippen molar-refractivity contribution in [2.45, 2.75) is 26.2 Å². The summed E-state index contributed by atoms with van der Waals surface area (Å²) in [7, 11) is 0. The van der Waals surface area contributed by atoms with Gasteiger partial charge in [0.2, 0.25) is 0 Å². The molecule has 0 fully saturated rings. The molecule has 0 aromatic heterocycles. The van der Waals surface area contributed by atoms with Gasteiger partial charge >= 0.3 is 0 Å². The highest BCUT2D eigenvalue weighted by atomic mass is 16.3. The molecule has 0 aliphatic rings. The summed E-state index contributed by atoms with van der Waals surface area (Å²) >= 11 is 0. The average molecular weight is 268 g/mol. The summed E-state index contributed by atoms with van der Waals surface area (Å²) in [6.45, 7) is 4.33. The lowest BCUT2D eigenvalue weighted by Gasteiger charge is -2.10. The number of para-hydroxylation sites is 1. The SMILES string of the molecule is CCC(C)c1ccc(O)c(/C=N/Nc2ccccc2)c1. The predicted molar refractivity (Wildman–Crippen MR) is 84.5 cm³/mol. The summed E-state index contributed by atoms with van der Waals surface area (Å²) in [4.78, 5) is 0. The number of hydrazone groups is 1. The molecule has 0 spiro atoms. The molecular weight excluding hydrogens is 248 g/mol. The van der Waals surface area contributed by atoms with E-state index in [1.807, 2.05) is 42.5 Å². The Morgan fingerprint density at radius 1 is 1.20 bits per heavy atom. The van der Waals surface area contributed by atoms with E-state index in [1.165, 1.54) is 5.56 Å². The molecule has 1 atom stereocenters. The van der Waals surface area contributed by atoms with Crippen molar-refractivity contribution in [1.29, 1.82) is 0 Å². The molecule has 0 aliphatic heterocycles. The first-order valence-corrected chi connectivity index (χ1v) is 6.87. The second-order valence-corrected chi connectivity index (χ2v) is 4.86. The van der Waals surface area contributed by atoms with Crippen molar-refractivity contribution in [1.82, 2.24) is 0 Å². The van der Waals surface area contributed by atoms with Crippen LogP contribution in [0.15, 0.2) is 53.6 Å². The van der Waals surface area contributed by atoms with Crippen LogP contribution in [0.2, 0.25) is 0 Å². The Morgan fingerprint density at radius 2 is 1.95 bits per heavy atom. The lowest BCUT2D eigenvalue weighted by Crippen LogP contribution is -1.95. The highest BCUT2D eigenvalue weighted by molar-refractivity contribution is 5.84. The summed E-state index contributed by atoms with van der Waals surface area (Å²) in [5.74, 6) is 0.723. The Morgan fingerprint density at radius 3 is 2.65 bits per heavy atom. The average Bonchev–Trinajstić information content (AvgIpc) is 2.49. The Kier molecular flexibility index (Phi) is 4.77. The quantitative estimate of drug-likeness (QED) is 0.625. The minimum absolute atomic E-state index is 0.246. The van der Waals surface area contributed by atoms with E-state index < -0.39 is 0 Å². The van der Waals surface area contributed by atoms with Crippen molar-refractivity contribution < 1.29 is 5.11 Å². The van der Waals surface area contributed by atoms with E-state index in [0.717, 1.165) is 17.7 Å². The number of hydrogen-bond donors (Lipinski definition) is 2.